The van der Waals surface area contributed by atoms with Crippen LogP contribution in [0.15, 0.2) is 54.0 Å². The molecule has 0 atom stereocenters. The number of carboxylic acid groups (broad SMARTS) is 1. The van der Waals surface area contributed by atoms with E-state index in [1.54, 1.807) is 29.6 Å². The molecule has 0 spiro atoms. The summed E-state index contributed by atoms with van der Waals surface area (Å²) in [5.74, 6) is -1.34. The highest BCUT2D eigenvalue weighted by Gasteiger charge is 2.22. The van der Waals surface area contributed by atoms with E-state index >= 15 is 0 Å². The third-order valence-electron chi connectivity index (χ3n) is 4.62. The number of carbonyl (C=O) groups excluding carboxylic acids is 1. The highest BCUT2D eigenvalue weighted by Crippen LogP contribution is 2.33. The Morgan fingerprint density at radius 2 is 1.90 bits per heavy atom. The predicted molar refractivity (Wildman–Crippen MR) is 114 cm³/mol. The van der Waals surface area contributed by atoms with Crippen molar-refractivity contribution in [2.24, 2.45) is 0 Å². The molecule has 4 rings (SSSR count). The number of nitrogens with zero attached hydrogens (tertiary/aromatic N) is 2. The maximum absolute atomic E-state index is 12.8. The van der Waals surface area contributed by atoms with E-state index in [9.17, 15) is 14.7 Å². The Hall–Kier alpha value is -3.09. The number of ketones is 1. The number of hydrogen-bond donors (Lipinski definition) is 1. The fourth-order valence-corrected chi connectivity index (χ4v) is 4.32. The monoisotopic (exact) mass is 422 g/mol. The molecule has 0 bridgehead atoms. The highest BCUT2D eigenvalue weighted by atomic mass is 35.5. The largest absolute Gasteiger partial charge is 0.478 e. The van der Waals surface area contributed by atoms with Gasteiger partial charge in [-0.15, -0.1) is 11.3 Å². The van der Waals surface area contributed by atoms with Crippen molar-refractivity contribution in [2.45, 2.75) is 13.3 Å². The molecule has 0 saturated carbocycles. The standard InChI is InChI=1S/C22H15ClN2O3S/c1-12-3-2-4-16-21(12)25-17(10-24-16)18(26)9-19-20(22(27)28)15(11-29-19)13-5-7-14(23)8-6-13/h2-8,10-11H,9H2,1H3,(H,27,28). The molecule has 0 aliphatic rings. The number of para-hydroxylation sites is 1. The van der Waals surface area contributed by atoms with Crippen molar-refractivity contribution < 1.29 is 14.7 Å². The van der Waals surface area contributed by atoms with Crippen LogP contribution >= 0.6 is 22.9 Å². The average Bonchev–Trinajstić information content (AvgIpc) is 3.12. The van der Waals surface area contributed by atoms with Crippen LogP contribution in [0.2, 0.25) is 5.02 Å². The number of halogens is 1. The fraction of sp³-hybridized carbons (Fsp3) is 0.0909. The summed E-state index contributed by atoms with van der Waals surface area (Å²) in [7, 11) is 0. The SMILES string of the molecule is Cc1cccc2ncc(C(=O)Cc3scc(-c4ccc(Cl)cc4)c3C(=O)O)nc12. The normalized spacial score (nSPS) is 11.0. The van der Waals surface area contributed by atoms with Gasteiger partial charge in [0.15, 0.2) is 5.78 Å². The van der Waals surface area contributed by atoms with Crippen molar-refractivity contribution in [3.05, 3.63) is 80.8 Å². The van der Waals surface area contributed by atoms with Crippen molar-refractivity contribution in [2.75, 3.05) is 0 Å². The molecule has 0 amide bonds. The van der Waals surface area contributed by atoms with Gasteiger partial charge in [0.2, 0.25) is 0 Å². The number of aryl methyl sites for hydroxylation is 1. The first-order valence-electron chi connectivity index (χ1n) is 8.79. The minimum absolute atomic E-state index is 0.0496. The van der Waals surface area contributed by atoms with Crippen LogP contribution in [-0.2, 0) is 6.42 Å². The summed E-state index contributed by atoms with van der Waals surface area (Å²) in [6.45, 7) is 1.91. The number of aromatic carboxylic acids is 1. The minimum Gasteiger partial charge on any atom is -0.478 e. The lowest BCUT2D eigenvalue weighted by Crippen LogP contribution is -2.09. The zero-order valence-electron chi connectivity index (χ0n) is 15.3. The number of Topliss-reactive ketones (excluding diaryl/α,β-unsaturated/α-hetero) is 1. The molecule has 0 unspecified atom stereocenters. The molecule has 29 heavy (non-hydrogen) atoms. The van der Waals surface area contributed by atoms with Gasteiger partial charge in [-0.25, -0.2) is 9.78 Å². The number of aromatic nitrogens is 2. The Labute approximate surface area is 175 Å². The Kier molecular flexibility index (Phi) is 5.13. The van der Waals surface area contributed by atoms with Crippen molar-refractivity contribution in [3.63, 3.8) is 0 Å². The van der Waals surface area contributed by atoms with Crippen LogP contribution < -0.4 is 0 Å². The lowest BCUT2D eigenvalue weighted by Gasteiger charge is -2.05. The minimum atomic E-state index is -1.07. The number of fused-ring (bicyclic) bond motifs is 1. The van der Waals surface area contributed by atoms with E-state index in [0.29, 0.717) is 26.5 Å². The maximum Gasteiger partial charge on any atom is 0.337 e. The molecule has 1 N–H and O–H groups in total. The van der Waals surface area contributed by atoms with Gasteiger partial charge < -0.3 is 5.11 Å². The van der Waals surface area contributed by atoms with Crippen LogP contribution in [0.25, 0.3) is 22.2 Å². The molecule has 4 aromatic rings. The van der Waals surface area contributed by atoms with Crippen LogP contribution in [0.3, 0.4) is 0 Å². The van der Waals surface area contributed by atoms with Gasteiger partial charge in [-0.2, -0.15) is 0 Å². The summed E-state index contributed by atoms with van der Waals surface area (Å²) in [6, 6.07) is 12.6. The van der Waals surface area contributed by atoms with Crippen molar-refractivity contribution in [3.8, 4) is 11.1 Å². The quantitative estimate of drug-likeness (QED) is 0.433. The Bertz CT molecular complexity index is 1250. The van der Waals surface area contributed by atoms with Gasteiger partial charge in [-0.3, -0.25) is 9.78 Å². The zero-order valence-corrected chi connectivity index (χ0v) is 16.9. The van der Waals surface area contributed by atoms with Gasteiger partial charge >= 0.3 is 5.97 Å². The predicted octanol–water partition coefficient (Wildman–Crippen LogP) is 5.44. The van der Waals surface area contributed by atoms with Gasteiger partial charge in [0.1, 0.15) is 5.69 Å². The number of benzene rings is 2. The fourth-order valence-electron chi connectivity index (χ4n) is 3.15. The third kappa shape index (κ3) is 3.77. The molecular formula is C22H15ClN2O3S. The second kappa shape index (κ2) is 7.73. The molecule has 0 saturated heterocycles. The summed E-state index contributed by atoms with van der Waals surface area (Å²) >= 11 is 7.18. The smallest absolute Gasteiger partial charge is 0.337 e. The molecule has 0 aliphatic carbocycles. The van der Waals surface area contributed by atoms with Crippen molar-refractivity contribution in [1.82, 2.24) is 9.97 Å². The Balaban J connectivity index is 1.69. The second-order valence-corrected chi connectivity index (χ2v) is 7.96. The van der Waals surface area contributed by atoms with Crippen LogP contribution in [0.1, 0.15) is 31.3 Å². The summed E-state index contributed by atoms with van der Waals surface area (Å²) in [4.78, 5) is 34.0. The molecule has 2 aromatic carbocycles. The molecule has 2 heterocycles. The van der Waals surface area contributed by atoms with Crippen LogP contribution in [0.5, 0.6) is 0 Å². The van der Waals surface area contributed by atoms with Gasteiger partial charge in [0, 0.05) is 21.9 Å². The molecular weight excluding hydrogens is 408 g/mol. The maximum atomic E-state index is 12.8. The lowest BCUT2D eigenvalue weighted by atomic mass is 10.0. The molecule has 7 heteroatoms. The number of carbonyl (C=O) groups is 2. The van der Waals surface area contributed by atoms with Gasteiger partial charge in [-0.05, 0) is 41.6 Å². The number of thiophene rings is 1. The number of hydrogen-bond acceptors (Lipinski definition) is 5. The first kappa shape index (κ1) is 19.2. The van der Waals surface area contributed by atoms with E-state index in [1.807, 2.05) is 25.1 Å². The van der Waals surface area contributed by atoms with E-state index in [-0.39, 0.29) is 23.5 Å². The zero-order chi connectivity index (χ0) is 20.5. The summed E-state index contributed by atoms with van der Waals surface area (Å²) in [5, 5.41) is 12.1. The first-order chi connectivity index (χ1) is 13.9. The summed E-state index contributed by atoms with van der Waals surface area (Å²) < 4.78 is 0. The number of carboxylic acids is 1. The second-order valence-electron chi connectivity index (χ2n) is 6.56. The van der Waals surface area contributed by atoms with Crippen LogP contribution in [-0.4, -0.2) is 26.8 Å². The van der Waals surface area contributed by atoms with E-state index in [4.69, 9.17) is 11.6 Å². The molecule has 0 fully saturated rings. The summed E-state index contributed by atoms with van der Waals surface area (Å²) in [6.07, 6.45) is 1.39. The molecule has 2 aromatic heterocycles. The van der Waals surface area contributed by atoms with Crippen molar-refractivity contribution >= 4 is 45.7 Å². The molecule has 144 valence electrons. The van der Waals surface area contributed by atoms with E-state index < -0.39 is 5.97 Å². The Morgan fingerprint density at radius 1 is 1.14 bits per heavy atom. The van der Waals surface area contributed by atoms with Gasteiger partial charge in [0.05, 0.1) is 22.8 Å². The first-order valence-corrected chi connectivity index (χ1v) is 10.0. The van der Waals surface area contributed by atoms with E-state index in [2.05, 4.69) is 9.97 Å². The number of rotatable bonds is 5. The van der Waals surface area contributed by atoms with Crippen LogP contribution in [0.4, 0.5) is 0 Å². The lowest BCUT2D eigenvalue weighted by molar-refractivity contribution is 0.0697. The molecule has 5 nitrogen and oxygen atoms in total. The van der Waals surface area contributed by atoms with Gasteiger partial charge in [0.25, 0.3) is 0 Å². The van der Waals surface area contributed by atoms with Crippen molar-refractivity contribution in [1.29, 1.82) is 0 Å². The average molecular weight is 423 g/mol. The van der Waals surface area contributed by atoms with E-state index in [0.717, 1.165) is 11.1 Å². The Morgan fingerprint density at radius 3 is 2.62 bits per heavy atom. The molecule has 0 aliphatic heterocycles. The van der Waals surface area contributed by atoms with E-state index in [1.165, 1.54) is 17.5 Å². The summed E-state index contributed by atoms with van der Waals surface area (Å²) in [5.41, 5.74) is 3.99. The van der Waals surface area contributed by atoms with Gasteiger partial charge in [-0.1, -0.05) is 35.9 Å². The highest BCUT2D eigenvalue weighted by molar-refractivity contribution is 7.11. The third-order valence-corrected chi connectivity index (χ3v) is 5.86. The topological polar surface area (TPSA) is 80.2 Å². The molecule has 0 radical (unpaired) electrons. The van der Waals surface area contributed by atoms with Crippen LogP contribution in [0, 0.1) is 6.92 Å².